The first-order valence-corrected chi connectivity index (χ1v) is 9.78. The molecule has 0 aliphatic carbocycles. The molecule has 2 N–H and O–H groups in total. The Morgan fingerprint density at radius 2 is 1.83 bits per heavy atom. The Balaban J connectivity index is 1.87. The molecule has 2 aromatic carbocycles. The molecule has 12 nitrogen and oxygen atoms in total. The van der Waals surface area contributed by atoms with Crippen LogP contribution in [0.3, 0.4) is 0 Å². The molecule has 2 aromatic rings. The molecule has 0 saturated heterocycles. The summed E-state index contributed by atoms with van der Waals surface area (Å²) >= 11 is 0. The zero-order valence-electron chi connectivity index (χ0n) is 15.6. The largest absolute Gasteiger partial charge is 0.501 e. The van der Waals surface area contributed by atoms with Crippen LogP contribution < -0.4 is 5.01 Å². The molecular weight excluding hydrogens is 418 g/mol. The van der Waals surface area contributed by atoms with Crippen molar-refractivity contribution in [3.05, 3.63) is 52.1 Å². The van der Waals surface area contributed by atoms with Gasteiger partial charge in [0.25, 0.3) is 16.0 Å². The maximum Gasteiger partial charge on any atom is 0.313 e. The van der Waals surface area contributed by atoms with Crippen LogP contribution in [0.2, 0.25) is 0 Å². The van der Waals surface area contributed by atoms with E-state index < -0.39 is 38.4 Å². The molecule has 13 heteroatoms. The van der Waals surface area contributed by atoms with E-state index in [2.05, 4.69) is 15.3 Å². The lowest BCUT2D eigenvalue weighted by molar-refractivity contribution is -0.385. The first kappa shape index (κ1) is 21.0. The van der Waals surface area contributed by atoms with Crippen molar-refractivity contribution >= 4 is 38.8 Å². The van der Waals surface area contributed by atoms with Gasteiger partial charge in [0, 0.05) is 6.07 Å². The molecule has 1 atom stereocenters. The van der Waals surface area contributed by atoms with Crippen LogP contribution in [0.1, 0.15) is 12.5 Å². The second-order valence-electron chi connectivity index (χ2n) is 6.39. The maximum atomic E-state index is 12.7. The first-order valence-electron chi connectivity index (χ1n) is 8.34. The molecule has 0 radical (unpaired) electrons. The predicted molar refractivity (Wildman–Crippen MR) is 105 cm³/mol. The molecule has 0 fully saturated rings. The lowest BCUT2D eigenvalue weighted by atomic mass is 10.2. The smallest absolute Gasteiger partial charge is 0.313 e. The third-order valence-electron chi connectivity index (χ3n) is 4.17. The number of carbonyl (C=O) groups is 1. The highest BCUT2D eigenvalue weighted by atomic mass is 32.2. The summed E-state index contributed by atoms with van der Waals surface area (Å²) < 4.78 is 31.3. The van der Waals surface area contributed by atoms with Crippen molar-refractivity contribution in [1.29, 1.82) is 0 Å². The van der Waals surface area contributed by atoms with E-state index in [9.17, 15) is 28.4 Å². The van der Waals surface area contributed by atoms with E-state index in [1.54, 1.807) is 6.92 Å². The minimum absolute atomic E-state index is 0.168. The number of nitro benzene ring substituents is 1. The van der Waals surface area contributed by atoms with Gasteiger partial charge in [0.05, 0.1) is 21.2 Å². The molecule has 0 saturated carbocycles. The van der Waals surface area contributed by atoms with Crippen LogP contribution in [-0.2, 0) is 14.9 Å². The Kier molecular flexibility index (Phi) is 5.33. The number of phenolic OH excluding ortho intramolecular Hbond substituents is 1. The Morgan fingerprint density at radius 3 is 2.40 bits per heavy atom. The monoisotopic (exact) mass is 433 g/mol. The number of carbonyl (C=O) groups excluding carboxylic acids is 1. The standard InChI is InChI=1S/C17H15N5O7S/c1-9-7-13(16(23)14(8-9)22(25)26)18-19-15-10(2)20-21(17(15)24)11-3-5-12(6-4-11)30(27,28)29/h3-8,15,23H,1-2H3,(H,27,28,29). The van der Waals surface area contributed by atoms with Gasteiger partial charge in [-0.3, -0.25) is 19.5 Å². The van der Waals surface area contributed by atoms with E-state index in [0.717, 1.165) is 17.1 Å². The van der Waals surface area contributed by atoms with Gasteiger partial charge in [-0.05, 0) is 49.7 Å². The Morgan fingerprint density at radius 1 is 1.20 bits per heavy atom. The van der Waals surface area contributed by atoms with Crippen LogP contribution in [-0.4, -0.2) is 40.7 Å². The summed E-state index contributed by atoms with van der Waals surface area (Å²) in [4.78, 5) is 22.6. The number of rotatable bonds is 5. The van der Waals surface area contributed by atoms with Crippen LogP contribution in [0, 0.1) is 17.0 Å². The van der Waals surface area contributed by atoms with Crippen molar-refractivity contribution < 1.29 is 27.8 Å². The number of nitrogens with zero attached hydrogens (tertiary/aromatic N) is 5. The highest BCUT2D eigenvalue weighted by Crippen LogP contribution is 2.37. The van der Waals surface area contributed by atoms with Crippen LogP contribution in [0.25, 0.3) is 0 Å². The van der Waals surface area contributed by atoms with E-state index in [1.165, 1.54) is 31.2 Å². The summed E-state index contributed by atoms with van der Waals surface area (Å²) in [5.41, 5.74) is 0.269. The summed E-state index contributed by atoms with van der Waals surface area (Å²) in [6.45, 7) is 3.10. The number of hydrazone groups is 1. The maximum absolute atomic E-state index is 12.7. The second-order valence-corrected chi connectivity index (χ2v) is 7.81. The number of nitro groups is 1. The zero-order valence-corrected chi connectivity index (χ0v) is 16.4. The van der Waals surface area contributed by atoms with Crippen LogP contribution >= 0.6 is 0 Å². The van der Waals surface area contributed by atoms with Crippen LogP contribution in [0.5, 0.6) is 5.75 Å². The minimum Gasteiger partial charge on any atom is -0.501 e. The fourth-order valence-electron chi connectivity index (χ4n) is 2.71. The first-order chi connectivity index (χ1) is 14.0. The van der Waals surface area contributed by atoms with E-state index in [4.69, 9.17) is 4.55 Å². The van der Waals surface area contributed by atoms with Gasteiger partial charge < -0.3 is 5.11 Å². The second kappa shape index (κ2) is 7.61. The summed E-state index contributed by atoms with van der Waals surface area (Å²) in [6, 6.07) is 6.22. The molecule has 1 amide bonds. The van der Waals surface area contributed by atoms with Crippen molar-refractivity contribution in [3.63, 3.8) is 0 Å². The number of azo groups is 1. The van der Waals surface area contributed by atoms with Crippen molar-refractivity contribution in [3.8, 4) is 5.75 Å². The lowest BCUT2D eigenvalue weighted by Gasteiger charge is -2.12. The highest BCUT2D eigenvalue weighted by molar-refractivity contribution is 7.85. The Hall–Kier alpha value is -3.71. The van der Waals surface area contributed by atoms with E-state index in [1.807, 2.05) is 0 Å². The number of aryl methyl sites for hydroxylation is 1. The number of aromatic hydroxyl groups is 1. The zero-order chi connectivity index (χ0) is 22.2. The topological polar surface area (TPSA) is 175 Å². The third kappa shape index (κ3) is 4.01. The minimum atomic E-state index is -4.38. The molecule has 1 aliphatic rings. The Bertz CT molecular complexity index is 1210. The third-order valence-corrected chi connectivity index (χ3v) is 5.03. The van der Waals surface area contributed by atoms with Crippen molar-refractivity contribution in [2.24, 2.45) is 15.3 Å². The summed E-state index contributed by atoms with van der Waals surface area (Å²) in [7, 11) is -4.38. The van der Waals surface area contributed by atoms with Crippen molar-refractivity contribution in [2.45, 2.75) is 24.8 Å². The lowest BCUT2D eigenvalue weighted by Crippen LogP contribution is -2.29. The summed E-state index contributed by atoms with van der Waals surface area (Å²) in [6.07, 6.45) is 0. The number of anilines is 1. The summed E-state index contributed by atoms with van der Waals surface area (Å²) in [5.74, 6) is -1.27. The van der Waals surface area contributed by atoms with Gasteiger partial charge in [-0.1, -0.05) is 0 Å². The van der Waals surface area contributed by atoms with Gasteiger partial charge in [0.1, 0.15) is 5.69 Å². The Labute approximate surface area is 170 Å². The van der Waals surface area contributed by atoms with E-state index >= 15 is 0 Å². The molecule has 3 rings (SSSR count). The average molecular weight is 433 g/mol. The normalized spacial score (nSPS) is 16.9. The number of amides is 1. The molecular formula is C17H15N5O7S. The van der Waals surface area contributed by atoms with Crippen LogP contribution in [0.15, 0.2) is 56.6 Å². The number of hydrogen-bond acceptors (Lipinski definition) is 9. The van der Waals surface area contributed by atoms with Gasteiger partial charge in [-0.15, -0.1) is 0 Å². The van der Waals surface area contributed by atoms with Gasteiger partial charge in [0.2, 0.25) is 5.75 Å². The molecule has 1 aliphatic heterocycles. The molecule has 1 heterocycles. The number of phenols is 1. The molecule has 30 heavy (non-hydrogen) atoms. The van der Waals surface area contributed by atoms with E-state index in [-0.39, 0.29) is 22.0 Å². The quantitative estimate of drug-likeness (QED) is 0.315. The highest BCUT2D eigenvalue weighted by Gasteiger charge is 2.35. The van der Waals surface area contributed by atoms with Crippen molar-refractivity contribution in [1.82, 2.24) is 0 Å². The molecule has 0 spiro atoms. The molecule has 1 unspecified atom stereocenters. The van der Waals surface area contributed by atoms with E-state index in [0.29, 0.717) is 5.56 Å². The van der Waals surface area contributed by atoms with Crippen molar-refractivity contribution in [2.75, 3.05) is 5.01 Å². The fraction of sp³-hybridized carbons (Fsp3) is 0.176. The fourth-order valence-corrected chi connectivity index (χ4v) is 3.19. The summed E-state index contributed by atoms with van der Waals surface area (Å²) in [5, 5.41) is 33.8. The SMILES string of the molecule is CC1=NN(c2ccc(S(=O)(=O)O)cc2)C(=O)C1N=Nc1cc(C)cc([N+](=O)[O-])c1O. The van der Waals surface area contributed by atoms with Gasteiger partial charge >= 0.3 is 5.69 Å². The average Bonchev–Trinajstić information content (AvgIpc) is 2.95. The van der Waals surface area contributed by atoms with Gasteiger partial charge in [0.15, 0.2) is 6.04 Å². The molecule has 0 bridgehead atoms. The molecule has 156 valence electrons. The van der Waals surface area contributed by atoms with Crippen LogP contribution in [0.4, 0.5) is 17.1 Å². The molecule has 0 aromatic heterocycles. The number of benzene rings is 2. The number of hydrogen-bond donors (Lipinski definition) is 2. The van der Waals surface area contributed by atoms with Gasteiger partial charge in [-0.25, -0.2) is 0 Å². The predicted octanol–water partition coefficient (Wildman–Crippen LogP) is 2.73. The van der Waals surface area contributed by atoms with Gasteiger partial charge in [-0.2, -0.15) is 28.8 Å².